The van der Waals surface area contributed by atoms with Crippen LogP contribution in [0.15, 0.2) is 43.4 Å². The Bertz CT molecular complexity index is 526. The van der Waals surface area contributed by atoms with Crippen LogP contribution in [0.5, 0.6) is 0 Å². The van der Waals surface area contributed by atoms with Crippen LogP contribution >= 0.6 is 0 Å². The number of rotatable bonds is 8. The zero-order chi connectivity index (χ0) is 14.2. The van der Waals surface area contributed by atoms with E-state index in [2.05, 4.69) is 46.5 Å². The van der Waals surface area contributed by atoms with Gasteiger partial charge in [0.2, 0.25) is 0 Å². The maximum absolute atomic E-state index is 5.09. The number of nitrogens with one attached hydrogen (secondary N) is 1. The van der Waals surface area contributed by atoms with Crippen molar-refractivity contribution in [3.05, 3.63) is 49.0 Å². The van der Waals surface area contributed by atoms with Gasteiger partial charge >= 0.3 is 0 Å². The normalized spacial score (nSPS) is 12.1. The second kappa shape index (κ2) is 7.40. The predicted molar refractivity (Wildman–Crippen MR) is 76.3 cm³/mol. The lowest BCUT2D eigenvalue weighted by Gasteiger charge is -2.15. The highest BCUT2D eigenvalue weighted by Crippen LogP contribution is 2.15. The first-order valence-electron chi connectivity index (χ1n) is 6.60. The monoisotopic (exact) mass is 273 g/mol. The lowest BCUT2D eigenvalue weighted by Crippen LogP contribution is -2.20. The van der Waals surface area contributed by atoms with Gasteiger partial charge in [-0.1, -0.05) is 18.7 Å². The summed E-state index contributed by atoms with van der Waals surface area (Å²) in [5.74, 6) is 0. The van der Waals surface area contributed by atoms with Crippen LogP contribution < -0.4 is 5.32 Å². The molecule has 1 aromatic carbocycles. The molecule has 0 fully saturated rings. The second-order valence-corrected chi connectivity index (χ2v) is 4.42. The lowest BCUT2D eigenvalue weighted by atomic mass is 10.1. The Balaban J connectivity index is 1.91. The van der Waals surface area contributed by atoms with Gasteiger partial charge in [-0.3, -0.25) is 0 Å². The van der Waals surface area contributed by atoms with E-state index in [-0.39, 0.29) is 6.04 Å². The summed E-state index contributed by atoms with van der Waals surface area (Å²) in [4.78, 5) is 0. The second-order valence-electron chi connectivity index (χ2n) is 4.42. The number of tetrazole rings is 1. The molecule has 106 valence electrons. The molecular formula is C14H19N5O. The summed E-state index contributed by atoms with van der Waals surface area (Å²) in [7, 11) is 0. The van der Waals surface area contributed by atoms with Crippen molar-refractivity contribution < 1.29 is 4.74 Å². The van der Waals surface area contributed by atoms with Gasteiger partial charge in [-0.25, -0.2) is 4.68 Å². The van der Waals surface area contributed by atoms with Crippen LogP contribution in [-0.4, -0.2) is 33.4 Å². The molecule has 1 N–H and O–H groups in total. The molecule has 0 aliphatic rings. The maximum atomic E-state index is 5.09. The van der Waals surface area contributed by atoms with Gasteiger partial charge in [0.15, 0.2) is 0 Å². The van der Waals surface area contributed by atoms with Crippen molar-refractivity contribution in [2.45, 2.75) is 19.4 Å². The van der Waals surface area contributed by atoms with E-state index in [4.69, 9.17) is 4.74 Å². The number of hydrogen-bond acceptors (Lipinski definition) is 5. The lowest BCUT2D eigenvalue weighted by molar-refractivity contribution is 0.243. The molecule has 1 atom stereocenters. The maximum Gasteiger partial charge on any atom is 0.143 e. The van der Waals surface area contributed by atoms with Crippen molar-refractivity contribution in [3.63, 3.8) is 0 Å². The fourth-order valence-corrected chi connectivity index (χ4v) is 1.89. The van der Waals surface area contributed by atoms with E-state index in [9.17, 15) is 0 Å². The molecule has 20 heavy (non-hydrogen) atoms. The Morgan fingerprint density at radius 1 is 1.50 bits per heavy atom. The zero-order valence-electron chi connectivity index (χ0n) is 11.6. The third-order valence-corrected chi connectivity index (χ3v) is 2.99. The Morgan fingerprint density at radius 2 is 2.40 bits per heavy atom. The third-order valence-electron chi connectivity index (χ3n) is 2.99. The van der Waals surface area contributed by atoms with Crippen LogP contribution in [0.3, 0.4) is 0 Å². The SMILES string of the molecule is C=COCCCNC(C)c1cccc(-n2cnnn2)c1. The minimum absolute atomic E-state index is 0.259. The Hall–Kier alpha value is -2.21. The van der Waals surface area contributed by atoms with Gasteiger partial charge in [-0.05, 0) is 48.0 Å². The molecule has 1 unspecified atom stereocenters. The van der Waals surface area contributed by atoms with E-state index in [1.54, 1.807) is 11.0 Å². The van der Waals surface area contributed by atoms with Crippen LogP contribution in [-0.2, 0) is 4.74 Å². The average molecular weight is 273 g/mol. The van der Waals surface area contributed by atoms with Crippen LogP contribution in [0.4, 0.5) is 0 Å². The summed E-state index contributed by atoms with van der Waals surface area (Å²) in [6.45, 7) is 7.23. The fourth-order valence-electron chi connectivity index (χ4n) is 1.89. The van der Waals surface area contributed by atoms with Gasteiger partial charge in [0.1, 0.15) is 6.33 Å². The molecule has 6 heteroatoms. The minimum atomic E-state index is 0.259. The topological polar surface area (TPSA) is 64.9 Å². The van der Waals surface area contributed by atoms with E-state index in [0.717, 1.165) is 18.7 Å². The smallest absolute Gasteiger partial charge is 0.143 e. The van der Waals surface area contributed by atoms with Crippen LogP contribution in [0.2, 0.25) is 0 Å². The summed E-state index contributed by atoms with van der Waals surface area (Å²) in [5, 5.41) is 14.6. The largest absolute Gasteiger partial charge is 0.502 e. The van der Waals surface area contributed by atoms with E-state index in [1.807, 2.05) is 12.1 Å². The van der Waals surface area contributed by atoms with Gasteiger partial charge in [0.05, 0.1) is 18.6 Å². The first-order valence-corrected chi connectivity index (χ1v) is 6.60. The molecule has 2 aromatic rings. The van der Waals surface area contributed by atoms with Crippen molar-refractivity contribution in [1.29, 1.82) is 0 Å². The molecule has 0 aliphatic carbocycles. The molecule has 0 bridgehead atoms. The summed E-state index contributed by atoms with van der Waals surface area (Å²) in [5.41, 5.74) is 2.15. The van der Waals surface area contributed by atoms with E-state index >= 15 is 0 Å². The van der Waals surface area contributed by atoms with E-state index in [1.165, 1.54) is 11.8 Å². The summed E-state index contributed by atoms with van der Waals surface area (Å²) < 4.78 is 6.73. The molecule has 1 aromatic heterocycles. The molecule has 0 saturated carbocycles. The van der Waals surface area contributed by atoms with Crippen LogP contribution in [0.25, 0.3) is 5.69 Å². The molecule has 2 rings (SSSR count). The van der Waals surface area contributed by atoms with Crippen molar-refractivity contribution in [1.82, 2.24) is 25.5 Å². The summed E-state index contributed by atoms with van der Waals surface area (Å²) in [6, 6.07) is 8.41. The minimum Gasteiger partial charge on any atom is -0.502 e. The van der Waals surface area contributed by atoms with Crippen molar-refractivity contribution in [2.24, 2.45) is 0 Å². The van der Waals surface area contributed by atoms with Crippen molar-refractivity contribution >= 4 is 0 Å². The highest BCUT2D eigenvalue weighted by Gasteiger charge is 2.06. The molecule has 0 saturated heterocycles. The predicted octanol–water partition coefficient (Wildman–Crippen LogP) is 1.86. The number of ether oxygens (including phenoxy) is 1. The molecule has 0 spiro atoms. The molecule has 1 heterocycles. The zero-order valence-corrected chi connectivity index (χ0v) is 11.6. The quantitative estimate of drug-likeness (QED) is 0.587. The first-order chi connectivity index (χ1) is 9.81. The molecular weight excluding hydrogens is 254 g/mol. The fraction of sp³-hybridized carbons (Fsp3) is 0.357. The van der Waals surface area contributed by atoms with Crippen molar-refractivity contribution in [2.75, 3.05) is 13.2 Å². The van der Waals surface area contributed by atoms with Gasteiger partial charge in [0, 0.05) is 6.04 Å². The molecule has 6 nitrogen and oxygen atoms in total. The van der Waals surface area contributed by atoms with Gasteiger partial charge in [-0.15, -0.1) is 5.10 Å². The number of hydrogen-bond donors (Lipinski definition) is 1. The highest BCUT2D eigenvalue weighted by atomic mass is 16.5. The molecule has 0 aliphatic heterocycles. The van der Waals surface area contributed by atoms with E-state index in [0.29, 0.717) is 6.61 Å². The number of nitrogens with zero attached hydrogens (tertiary/aromatic N) is 4. The average Bonchev–Trinajstić information content (AvgIpc) is 3.01. The molecule has 0 amide bonds. The Morgan fingerprint density at radius 3 is 3.15 bits per heavy atom. The third kappa shape index (κ3) is 3.89. The van der Waals surface area contributed by atoms with Crippen LogP contribution in [0, 0.1) is 0 Å². The summed E-state index contributed by atoms with van der Waals surface area (Å²) in [6.07, 6.45) is 4.01. The summed E-state index contributed by atoms with van der Waals surface area (Å²) >= 11 is 0. The number of aromatic nitrogens is 4. The van der Waals surface area contributed by atoms with E-state index < -0.39 is 0 Å². The van der Waals surface area contributed by atoms with Gasteiger partial charge < -0.3 is 10.1 Å². The van der Waals surface area contributed by atoms with Crippen molar-refractivity contribution in [3.8, 4) is 5.69 Å². The number of benzene rings is 1. The first kappa shape index (κ1) is 14.2. The van der Waals surface area contributed by atoms with Gasteiger partial charge in [0.25, 0.3) is 0 Å². The molecule has 0 radical (unpaired) electrons. The highest BCUT2D eigenvalue weighted by molar-refractivity contribution is 5.35. The Labute approximate surface area is 118 Å². The van der Waals surface area contributed by atoms with Crippen LogP contribution in [0.1, 0.15) is 24.9 Å². The standard InChI is InChI=1S/C14H19N5O/c1-3-20-9-5-8-15-12(2)13-6-4-7-14(10-13)19-11-16-17-18-19/h3-4,6-7,10-12,15H,1,5,8-9H2,2H3. The Kier molecular flexibility index (Phi) is 5.25. The van der Waals surface area contributed by atoms with Gasteiger partial charge in [-0.2, -0.15) is 0 Å².